The number of aromatic nitrogens is 1. The van der Waals surface area contributed by atoms with Gasteiger partial charge < -0.3 is 4.90 Å². The lowest BCUT2D eigenvalue weighted by molar-refractivity contribution is 0.0758. The molecule has 1 aromatic carbocycles. The number of amides is 1. The maximum Gasteiger partial charge on any atom is 0.272 e. The van der Waals surface area contributed by atoms with E-state index in [1.165, 1.54) is 16.4 Å². The van der Waals surface area contributed by atoms with Crippen LogP contribution in [0.5, 0.6) is 0 Å². The Kier molecular flexibility index (Phi) is 5.30. The van der Waals surface area contributed by atoms with Gasteiger partial charge in [0, 0.05) is 32.4 Å². The average molecular weight is 370 g/mol. The molecule has 0 spiro atoms. The minimum Gasteiger partial charge on any atom is -0.336 e. The second-order valence-corrected chi connectivity index (χ2v) is 7.78. The van der Waals surface area contributed by atoms with Crippen molar-refractivity contribution < 1.29 is 13.2 Å². The lowest BCUT2D eigenvalue weighted by Gasteiger charge is -2.22. The van der Waals surface area contributed by atoms with E-state index in [-0.39, 0.29) is 29.5 Å². The first-order valence-electron chi connectivity index (χ1n) is 8.23. The number of rotatable bonds is 3. The minimum atomic E-state index is -3.78. The van der Waals surface area contributed by atoms with Gasteiger partial charge in [0.2, 0.25) is 10.0 Å². The molecule has 0 unspecified atom stereocenters. The molecule has 0 saturated carbocycles. The molecule has 7 nitrogen and oxygen atoms in total. The van der Waals surface area contributed by atoms with Gasteiger partial charge in [0.25, 0.3) is 5.91 Å². The first-order chi connectivity index (χ1) is 12.5. The van der Waals surface area contributed by atoms with E-state index in [2.05, 4.69) is 4.98 Å². The normalized spacial score (nSPS) is 15.9. The summed E-state index contributed by atoms with van der Waals surface area (Å²) in [4.78, 5) is 18.2. The summed E-state index contributed by atoms with van der Waals surface area (Å²) in [5.74, 6) is -0.206. The first-order valence-corrected chi connectivity index (χ1v) is 9.67. The molecule has 2 aromatic rings. The third kappa shape index (κ3) is 3.59. The standard InChI is InChI=1S/C18H18N4O3S/c19-14-15-6-1-2-8-17(15)26(24,25)22-11-5-10-21(12-13-22)18(23)16-7-3-4-9-20-16/h1-4,6-9H,5,10-13H2. The SMILES string of the molecule is N#Cc1ccccc1S(=O)(=O)N1CCCN(C(=O)c2ccccn2)CC1. The summed E-state index contributed by atoms with van der Waals surface area (Å²) in [6.07, 6.45) is 2.08. The Hall–Kier alpha value is -2.76. The molecule has 26 heavy (non-hydrogen) atoms. The van der Waals surface area contributed by atoms with Crippen LogP contribution in [0, 0.1) is 11.3 Å². The minimum absolute atomic E-state index is 0.00648. The molecule has 0 radical (unpaired) electrons. The zero-order valence-electron chi connectivity index (χ0n) is 14.1. The van der Waals surface area contributed by atoms with Crippen LogP contribution >= 0.6 is 0 Å². The van der Waals surface area contributed by atoms with Gasteiger partial charge in [-0.25, -0.2) is 8.42 Å². The smallest absolute Gasteiger partial charge is 0.272 e. The fourth-order valence-electron chi connectivity index (χ4n) is 2.91. The quantitative estimate of drug-likeness (QED) is 0.816. The summed E-state index contributed by atoms with van der Waals surface area (Å²) in [6.45, 7) is 1.22. The highest BCUT2D eigenvalue weighted by atomic mass is 32.2. The number of carbonyl (C=O) groups is 1. The molecule has 134 valence electrons. The zero-order valence-corrected chi connectivity index (χ0v) is 14.9. The highest BCUT2D eigenvalue weighted by Crippen LogP contribution is 2.21. The van der Waals surface area contributed by atoms with Crippen molar-refractivity contribution in [2.75, 3.05) is 26.2 Å². The first kappa shape index (κ1) is 18.0. The van der Waals surface area contributed by atoms with Crippen molar-refractivity contribution >= 4 is 15.9 Å². The van der Waals surface area contributed by atoms with Gasteiger partial charge in [-0.3, -0.25) is 9.78 Å². The van der Waals surface area contributed by atoms with Crippen molar-refractivity contribution in [2.24, 2.45) is 0 Å². The average Bonchev–Trinajstić information content (AvgIpc) is 2.95. The fraction of sp³-hybridized carbons (Fsp3) is 0.278. The largest absolute Gasteiger partial charge is 0.336 e. The van der Waals surface area contributed by atoms with Gasteiger partial charge in [0.1, 0.15) is 11.8 Å². The predicted octanol–water partition coefficient (Wildman–Crippen LogP) is 1.49. The maximum atomic E-state index is 12.9. The number of sulfonamides is 1. The molecule has 3 rings (SSSR count). The molecule has 2 heterocycles. The molecule has 1 aromatic heterocycles. The number of hydrogen-bond donors (Lipinski definition) is 0. The van der Waals surface area contributed by atoms with Crippen LogP contribution in [0.4, 0.5) is 0 Å². The van der Waals surface area contributed by atoms with Crippen LogP contribution in [-0.4, -0.2) is 54.7 Å². The van der Waals surface area contributed by atoms with E-state index >= 15 is 0 Å². The molecule has 8 heteroatoms. The van der Waals surface area contributed by atoms with Gasteiger partial charge in [-0.2, -0.15) is 9.57 Å². The molecule has 0 atom stereocenters. The topological polar surface area (TPSA) is 94.4 Å². The summed E-state index contributed by atoms with van der Waals surface area (Å²) in [5.41, 5.74) is 0.469. The third-order valence-electron chi connectivity index (χ3n) is 4.25. The second-order valence-electron chi connectivity index (χ2n) is 5.87. The summed E-state index contributed by atoms with van der Waals surface area (Å²) in [7, 11) is -3.78. The summed E-state index contributed by atoms with van der Waals surface area (Å²) >= 11 is 0. The van der Waals surface area contributed by atoms with Crippen LogP contribution in [0.25, 0.3) is 0 Å². The molecular weight excluding hydrogens is 352 g/mol. The molecule has 0 bridgehead atoms. The Morgan fingerprint density at radius 2 is 1.81 bits per heavy atom. The van der Waals surface area contributed by atoms with Crippen molar-refractivity contribution in [1.82, 2.24) is 14.2 Å². The monoisotopic (exact) mass is 370 g/mol. The Bertz CT molecular complexity index is 938. The number of pyridine rings is 1. The van der Waals surface area contributed by atoms with E-state index in [1.54, 1.807) is 41.4 Å². The van der Waals surface area contributed by atoms with Gasteiger partial charge >= 0.3 is 0 Å². The third-order valence-corrected chi connectivity index (χ3v) is 6.21. The molecule has 1 saturated heterocycles. The molecule has 1 amide bonds. The number of carbonyl (C=O) groups excluding carboxylic acids is 1. The number of hydrogen-bond acceptors (Lipinski definition) is 5. The van der Waals surface area contributed by atoms with Crippen LogP contribution in [0.3, 0.4) is 0 Å². The maximum absolute atomic E-state index is 12.9. The lowest BCUT2D eigenvalue weighted by atomic mass is 10.2. The van der Waals surface area contributed by atoms with Crippen molar-refractivity contribution in [3.8, 4) is 6.07 Å². The fourth-order valence-corrected chi connectivity index (χ4v) is 4.52. The number of nitriles is 1. The number of nitrogens with zero attached hydrogens (tertiary/aromatic N) is 4. The number of benzene rings is 1. The van der Waals surface area contributed by atoms with E-state index in [9.17, 15) is 18.5 Å². The van der Waals surface area contributed by atoms with E-state index < -0.39 is 10.0 Å². The Balaban J connectivity index is 1.78. The van der Waals surface area contributed by atoms with Gasteiger partial charge in [-0.05, 0) is 30.7 Å². The van der Waals surface area contributed by atoms with E-state index in [4.69, 9.17) is 0 Å². The van der Waals surface area contributed by atoms with E-state index in [1.807, 2.05) is 6.07 Å². The summed E-state index contributed by atoms with van der Waals surface area (Å²) in [5, 5.41) is 9.18. The van der Waals surface area contributed by atoms with Crippen LogP contribution in [0.1, 0.15) is 22.5 Å². The summed E-state index contributed by atoms with van der Waals surface area (Å²) in [6, 6.07) is 13.2. The molecule has 0 aliphatic carbocycles. The van der Waals surface area contributed by atoms with Crippen LogP contribution in [0.15, 0.2) is 53.6 Å². The van der Waals surface area contributed by atoms with Crippen molar-refractivity contribution in [3.05, 3.63) is 59.9 Å². The van der Waals surface area contributed by atoms with Crippen molar-refractivity contribution in [3.63, 3.8) is 0 Å². The Labute approximate surface area is 152 Å². The van der Waals surface area contributed by atoms with E-state index in [0.29, 0.717) is 25.2 Å². The highest BCUT2D eigenvalue weighted by Gasteiger charge is 2.30. The predicted molar refractivity (Wildman–Crippen MR) is 94.7 cm³/mol. The Morgan fingerprint density at radius 1 is 1.04 bits per heavy atom. The molecule has 1 aliphatic heterocycles. The molecule has 1 aliphatic rings. The lowest BCUT2D eigenvalue weighted by Crippen LogP contribution is -2.37. The molecule has 0 N–H and O–H groups in total. The molecular formula is C18H18N4O3S. The Morgan fingerprint density at radius 3 is 2.54 bits per heavy atom. The van der Waals surface area contributed by atoms with Crippen molar-refractivity contribution in [1.29, 1.82) is 5.26 Å². The van der Waals surface area contributed by atoms with Gasteiger partial charge in [-0.1, -0.05) is 18.2 Å². The van der Waals surface area contributed by atoms with Gasteiger partial charge in [-0.15, -0.1) is 0 Å². The highest BCUT2D eigenvalue weighted by molar-refractivity contribution is 7.89. The van der Waals surface area contributed by atoms with Gasteiger partial charge in [0.05, 0.1) is 10.5 Å². The van der Waals surface area contributed by atoms with E-state index in [0.717, 1.165) is 0 Å². The molecule has 1 fully saturated rings. The van der Waals surface area contributed by atoms with Crippen LogP contribution < -0.4 is 0 Å². The van der Waals surface area contributed by atoms with Crippen LogP contribution in [-0.2, 0) is 10.0 Å². The van der Waals surface area contributed by atoms with Crippen LogP contribution in [0.2, 0.25) is 0 Å². The van der Waals surface area contributed by atoms with Crippen molar-refractivity contribution in [2.45, 2.75) is 11.3 Å². The van der Waals surface area contributed by atoms with Gasteiger partial charge in [0.15, 0.2) is 0 Å². The second kappa shape index (κ2) is 7.64. The zero-order chi connectivity index (χ0) is 18.6. The summed E-state index contributed by atoms with van der Waals surface area (Å²) < 4.78 is 27.2.